The summed E-state index contributed by atoms with van der Waals surface area (Å²) < 4.78 is 1.93. The summed E-state index contributed by atoms with van der Waals surface area (Å²) in [4.78, 5) is 4.52. The first-order valence-electron chi connectivity index (χ1n) is 8.05. The van der Waals surface area contributed by atoms with E-state index in [-0.39, 0.29) is 0 Å². The Bertz CT molecular complexity index is 569. The molecule has 0 aliphatic rings. The molecule has 2 aromatic heterocycles. The molecule has 0 aliphatic heterocycles. The fourth-order valence-corrected chi connectivity index (χ4v) is 2.81. The molecule has 2 aromatic rings. The number of hydrogen-bond acceptors (Lipinski definition) is 4. The van der Waals surface area contributed by atoms with Gasteiger partial charge in [-0.05, 0) is 19.8 Å². The van der Waals surface area contributed by atoms with Crippen LogP contribution >= 0.6 is 0 Å². The minimum absolute atomic E-state index is 0.487. The Kier molecular flexibility index (Phi) is 5.56. The number of pyridine rings is 1. The third kappa shape index (κ3) is 3.35. The molecule has 2 heterocycles. The number of nitrogens with one attached hydrogen (secondary N) is 1. The maximum atomic E-state index is 5.90. The van der Waals surface area contributed by atoms with Crippen molar-refractivity contribution in [3.8, 4) is 0 Å². The Morgan fingerprint density at radius 2 is 1.90 bits per heavy atom. The Hall–Kier alpha value is -1.62. The molecule has 0 saturated carbocycles. The largest absolute Gasteiger partial charge is 0.381 e. The van der Waals surface area contributed by atoms with E-state index in [9.17, 15) is 0 Å². The first-order chi connectivity index (χ1) is 10.2. The van der Waals surface area contributed by atoms with Gasteiger partial charge in [0.25, 0.3) is 0 Å². The van der Waals surface area contributed by atoms with Gasteiger partial charge in [-0.2, -0.15) is 5.10 Å². The SMILES string of the molecule is CCCC(CCC)Nc1c(CN)cnc2c1cnn2CC. The van der Waals surface area contributed by atoms with Crippen LogP contribution in [0.5, 0.6) is 0 Å². The number of nitrogens with zero attached hydrogens (tertiary/aromatic N) is 3. The van der Waals surface area contributed by atoms with E-state index in [0.717, 1.165) is 28.8 Å². The number of rotatable bonds is 8. The lowest BCUT2D eigenvalue weighted by atomic mass is 10.0. The third-order valence-electron chi connectivity index (χ3n) is 3.89. The number of aromatic nitrogens is 3. The predicted molar refractivity (Wildman–Crippen MR) is 88.3 cm³/mol. The molecule has 2 rings (SSSR count). The average Bonchev–Trinajstić information content (AvgIpc) is 2.91. The monoisotopic (exact) mass is 289 g/mol. The summed E-state index contributed by atoms with van der Waals surface area (Å²) in [5, 5.41) is 9.21. The first-order valence-corrected chi connectivity index (χ1v) is 8.05. The van der Waals surface area contributed by atoms with E-state index in [0.29, 0.717) is 12.6 Å². The van der Waals surface area contributed by atoms with Crippen LogP contribution in [0.25, 0.3) is 11.0 Å². The Labute approximate surface area is 126 Å². The number of fused-ring (bicyclic) bond motifs is 1. The maximum absolute atomic E-state index is 5.90. The second-order valence-corrected chi connectivity index (χ2v) is 5.48. The summed E-state index contributed by atoms with van der Waals surface area (Å²) in [6, 6.07) is 0.487. The first kappa shape index (κ1) is 15.8. The van der Waals surface area contributed by atoms with Crippen LogP contribution in [0.15, 0.2) is 12.4 Å². The lowest BCUT2D eigenvalue weighted by Gasteiger charge is -2.21. The van der Waals surface area contributed by atoms with Gasteiger partial charge in [-0.25, -0.2) is 9.67 Å². The van der Waals surface area contributed by atoms with Gasteiger partial charge in [0, 0.05) is 30.9 Å². The molecule has 5 nitrogen and oxygen atoms in total. The van der Waals surface area contributed by atoms with Crippen LogP contribution in [-0.4, -0.2) is 20.8 Å². The van der Waals surface area contributed by atoms with Gasteiger partial charge in [-0.15, -0.1) is 0 Å². The van der Waals surface area contributed by atoms with E-state index in [1.807, 2.05) is 17.1 Å². The maximum Gasteiger partial charge on any atom is 0.159 e. The van der Waals surface area contributed by atoms with Gasteiger partial charge in [-0.3, -0.25) is 0 Å². The van der Waals surface area contributed by atoms with Crippen molar-refractivity contribution in [1.29, 1.82) is 0 Å². The van der Waals surface area contributed by atoms with E-state index < -0.39 is 0 Å². The van der Waals surface area contributed by atoms with Gasteiger partial charge < -0.3 is 11.1 Å². The molecule has 5 heteroatoms. The van der Waals surface area contributed by atoms with E-state index >= 15 is 0 Å². The van der Waals surface area contributed by atoms with Crippen molar-refractivity contribution in [1.82, 2.24) is 14.8 Å². The highest BCUT2D eigenvalue weighted by Crippen LogP contribution is 2.27. The van der Waals surface area contributed by atoms with Gasteiger partial charge in [0.1, 0.15) is 0 Å². The van der Waals surface area contributed by atoms with Gasteiger partial charge in [0.05, 0.1) is 17.3 Å². The fraction of sp³-hybridized carbons (Fsp3) is 0.625. The average molecular weight is 289 g/mol. The zero-order valence-corrected chi connectivity index (χ0v) is 13.4. The normalized spacial score (nSPS) is 11.5. The van der Waals surface area contributed by atoms with Crippen LogP contribution < -0.4 is 11.1 Å². The van der Waals surface area contributed by atoms with Crippen molar-refractivity contribution in [2.75, 3.05) is 5.32 Å². The highest BCUT2D eigenvalue weighted by Gasteiger charge is 2.15. The summed E-state index contributed by atoms with van der Waals surface area (Å²) in [5.74, 6) is 0. The number of nitrogens with two attached hydrogens (primary N) is 1. The van der Waals surface area contributed by atoms with Crippen molar-refractivity contribution in [2.45, 2.75) is 65.6 Å². The molecule has 0 radical (unpaired) electrons. The lowest BCUT2D eigenvalue weighted by molar-refractivity contribution is 0.586. The third-order valence-corrected chi connectivity index (χ3v) is 3.89. The zero-order chi connectivity index (χ0) is 15.2. The van der Waals surface area contributed by atoms with Crippen molar-refractivity contribution in [2.24, 2.45) is 5.73 Å². The molecule has 116 valence electrons. The summed E-state index contributed by atoms with van der Waals surface area (Å²) in [7, 11) is 0. The molecule has 21 heavy (non-hydrogen) atoms. The number of aryl methyl sites for hydroxylation is 1. The molecule has 0 aromatic carbocycles. The molecular formula is C16H27N5. The Morgan fingerprint density at radius 1 is 1.19 bits per heavy atom. The minimum Gasteiger partial charge on any atom is -0.381 e. The molecule has 3 N–H and O–H groups in total. The summed E-state index contributed by atoms with van der Waals surface area (Å²) >= 11 is 0. The van der Waals surface area contributed by atoms with Gasteiger partial charge >= 0.3 is 0 Å². The summed E-state index contributed by atoms with van der Waals surface area (Å²) in [6.45, 7) is 7.85. The second kappa shape index (κ2) is 7.41. The van der Waals surface area contributed by atoms with Crippen LogP contribution in [0.3, 0.4) is 0 Å². The topological polar surface area (TPSA) is 68.8 Å². The van der Waals surface area contributed by atoms with Crippen LogP contribution in [0.4, 0.5) is 5.69 Å². The van der Waals surface area contributed by atoms with Crippen molar-refractivity contribution >= 4 is 16.7 Å². The predicted octanol–water partition coefficient (Wildman–Crippen LogP) is 3.29. The highest BCUT2D eigenvalue weighted by atomic mass is 15.3. The van der Waals surface area contributed by atoms with Crippen molar-refractivity contribution in [3.05, 3.63) is 18.0 Å². The van der Waals surface area contributed by atoms with Gasteiger partial charge in [0.15, 0.2) is 5.65 Å². The Balaban J connectivity index is 2.41. The lowest BCUT2D eigenvalue weighted by Crippen LogP contribution is -2.20. The molecule has 0 fully saturated rings. The standard InChI is InChI=1S/C16H27N5/c1-4-7-13(8-5-2)20-15-12(9-17)10-18-16-14(15)11-19-21(16)6-3/h10-11,13H,4-9,17H2,1-3H3,(H,18,20). The molecule has 0 bridgehead atoms. The van der Waals surface area contributed by atoms with E-state index in [2.05, 4.69) is 36.2 Å². The minimum atomic E-state index is 0.487. The smallest absolute Gasteiger partial charge is 0.159 e. The van der Waals surface area contributed by atoms with Crippen LogP contribution in [0.2, 0.25) is 0 Å². The van der Waals surface area contributed by atoms with Gasteiger partial charge in [0.2, 0.25) is 0 Å². The number of hydrogen-bond donors (Lipinski definition) is 2. The van der Waals surface area contributed by atoms with Crippen molar-refractivity contribution < 1.29 is 0 Å². The van der Waals surface area contributed by atoms with E-state index in [1.54, 1.807) is 0 Å². The van der Waals surface area contributed by atoms with Crippen molar-refractivity contribution in [3.63, 3.8) is 0 Å². The summed E-state index contributed by atoms with van der Waals surface area (Å²) in [5.41, 5.74) is 9.02. The van der Waals surface area contributed by atoms with Crippen LogP contribution in [0, 0.1) is 0 Å². The van der Waals surface area contributed by atoms with Gasteiger partial charge in [-0.1, -0.05) is 26.7 Å². The Morgan fingerprint density at radius 3 is 2.48 bits per heavy atom. The highest BCUT2D eigenvalue weighted by molar-refractivity contribution is 5.90. The zero-order valence-electron chi connectivity index (χ0n) is 13.4. The quantitative estimate of drug-likeness (QED) is 0.782. The molecule has 0 amide bonds. The molecule has 0 spiro atoms. The van der Waals surface area contributed by atoms with Crippen LogP contribution in [0.1, 0.15) is 52.0 Å². The molecule has 0 saturated heterocycles. The molecule has 0 unspecified atom stereocenters. The molecule has 0 atom stereocenters. The summed E-state index contributed by atoms with van der Waals surface area (Å²) in [6.07, 6.45) is 8.49. The fourth-order valence-electron chi connectivity index (χ4n) is 2.81. The number of anilines is 1. The molecular weight excluding hydrogens is 262 g/mol. The molecule has 0 aliphatic carbocycles. The second-order valence-electron chi connectivity index (χ2n) is 5.48. The van der Waals surface area contributed by atoms with E-state index in [4.69, 9.17) is 5.73 Å². The van der Waals surface area contributed by atoms with Crippen LogP contribution in [-0.2, 0) is 13.1 Å². The van der Waals surface area contributed by atoms with E-state index in [1.165, 1.54) is 25.7 Å².